The molecule has 1 unspecified atom stereocenters. The van der Waals surface area contributed by atoms with E-state index in [1.807, 2.05) is 0 Å². The highest BCUT2D eigenvalue weighted by Gasteiger charge is 2.15. The minimum atomic E-state index is -0.879. The van der Waals surface area contributed by atoms with Gasteiger partial charge in [-0.05, 0) is 35.7 Å². The molecule has 0 saturated heterocycles. The van der Waals surface area contributed by atoms with Crippen LogP contribution in [0.25, 0.3) is 0 Å². The van der Waals surface area contributed by atoms with Crippen LogP contribution < -0.4 is 10.5 Å². The normalized spacial score (nSPS) is 12.2. The van der Waals surface area contributed by atoms with Crippen molar-refractivity contribution in [2.45, 2.75) is 12.5 Å². The Labute approximate surface area is 121 Å². The summed E-state index contributed by atoms with van der Waals surface area (Å²) in [5.74, 6) is -1.13. The van der Waals surface area contributed by atoms with Gasteiger partial charge in [0.25, 0.3) is 0 Å². The lowest BCUT2D eigenvalue weighted by Gasteiger charge is -2.15. The molecule has 0 aliphatic carbocycles. The van der Waals surface area contributed by atoms with Crippen molar-refractivity contribution in [2.75, 3.05) is 7.11 Å². The zero-order chi connectivity index (χ0) is 14.7. The van der Waals surface area contributed by atoms with Crippen LogP contribution in [0, 0.1) is 11.6 Å². The molecule has 2 rings (SSSR count). The molecule has 2 nitrogen and oxygen atoms in total. The van der Waals surface area contributed by atoms with Gasteiger partial charge in [0, 0.05) is 11.1 Å². The van der Waals surface area contributed by atoms with Crippen LogP contribution in [0.1, 0.15) is 17.2 Å². The average Bonchev–Trinajstić information content (AvgIpc) is 2.43. The number of hydrogen-bond donors (Lipinski definition) is 1. The second-order valence-corrected chi connectivity index (χ2v) is 4.82. The first-order valence-corrected chi connectivity index (χ1v) is 6.42. The van der Waals surface area contributed by atoms with Crippen molar-refractivity contribution in [3.8, 4) is 5.75 Å². The van der Waals surface area contributed by atoms with Crippen LogP contribution in [0.15, 0.2) is 36.4 Å². The van der Waals surface area contributed by atoms with Crippen molar-refractivity contribution >= 4 is 11.6 Å². The van der Waals surface area contributed by atoms with Gasteiger partial charge in [-0.2, -0.15) is 0 Å². The lowest BCUT2D eigenvalue weighted by Crippen LogP contribution is -2.15. The molecular weight excluding hydrogens is 284 g/mol. The summed E-state index contributed by atoms with van der Waals surface area (Å²) in [6.07, 6.45) is 0.162. The maximum absolute atomic E-state index is 13.6. The summed E-state index contributed by atoms with van der Waals surface area (Å²) in [5, 5.41) is 0.439. The predicted molar refractivity (Wildman–Crippen MR) is 75.0 cm³/mol. The van der Waals surface area contributed by atoms with Crippen LogP contribution in [0.3, 0.4) is 0 Å². The summed E-state index contributed by atoms with van der Waals surface area (Å²) in [6, 6.07) is 8.60. The summed E-state index contributed by atoms with van der Waals surface area (Å²) < 4.78 is 31.8. The fourth-order valence-corrected chi connectivity index (χ4v) is 2.30. The van der Waals surface area contributed by atoms with Crippen molar-refractivity contribution < 1.29 is 13.5 Å². The van der Waals surface area contributed by atoms with Gasteiger partial charge in [0.2, 0.25) is 0 Å². The molecule has 106 valence electrons. The molecule has 0 saturated carbocycles. The van der Waals surface area contributed by atoms with Gasteiger partial charge in [-0.25, -0.2) is 8.78 Å². The van der Waals surface area contributed by atoms with Gasteiger partial charge < -0.3 is 10.5 Å². The van der Waals surface area contributed by atoms with Gasteiger partial charge in [-0.15, -0.1) is 0 Å². The van der Waals surface area contributed by atoms with E-state index in [2.05, 4.69) is 0 Å². The SMILES string of the molecule is COc1ccc(C(N)Cc2cccc(F)c2F)c(Cl)c1. The summed E-state index contributed by atoms with van der Waals surface area (Å²) in [7, 11) is 1.54. The number of benzene rings is 2. The number of halogens is 3. The fourth-order valence-electron chi connectivity index (χ4n) is 1.99. The number of hydrogen-bond acceptors (Lipinski definition) is 2. The van der Waals surface area contributed by atoms with Gasteiger partial charge in [0.15, 0.2) is 11.6 Å². The van der Waals surface area contributed by atoms with Gasteiger partial charge >= 0.3 is 0 Å². The van der Waals surface area contributed by atoms with E-state index in [1.165, 1.54) is 19.2 Å². The Morgan fingerprint density at radius 1 is 1.25 bits per heavy atom. The number of methoxy groups -OCH3 is 1. The van der Waals surface area contributed by atoms with E-state index in [4.69, 9.17) is 22.1 Å². The van der Waals surface area contributed by atoms with E-state index < -0.39 is 17.7 Å². The summed E-state index contributed by atoms with van der Waals surface area (Å²) in [5.41, 5.74) is 6.91. The fraction of sp³-hybridized carbons (Fsp3) is 0.200. The van der Waals surface area contributed by atoms with Crippen molar-refractivity contribution in [1.82, 2.24) is 0 Å². The summed E-state index contributed by atoms with van der Waals surface area (Å²) >= 11 is 6.11. The molecule has 0 fully saturated rings. The smallest absolute Gasteiger partial charge is 0.162 e. The van der Waals surface area contributed by atoms with Crippen molar-refractivity contribution in [3.63, 3.8) is 0 Å². The number of rotatable bonds is 4. The van der Waals surface area contributed by atoms with Crippen LogP contribution in [0.5, 0.6) is 5.75 Å². The minimum absolute atomic E-state index is 0.162. The van der Waals surface area contributed by atoms with Crippen molar-refractivity contribution in [3.05, 3.63) is 64.2 Å². The molecule has 0 aliphatic rings. The van der Waals surface area contributed by atoms with Crippen LogP contribution in [-0.2, 0) is 6.42 Å². The minimum Gasteiger partial charge on any atom is -0.497 e. The molecule has 0 aliphatic heterocycles. The Hall–Kier alpha value is -1.65. The third-order valence-corrected chi connectivity index (χ3v) is 3.41. The topological polar surface area (TPSA) is 35.2 Å². The molecule has 2 aromatic carbocycles. The van der Waals surface area contributed by atoms with Gasteiger partial charge in [0.1, 0.15) is 5.75 Å². The predicted octanol–water partition coefficient (Wildman–Crippen LogP) is 3.87. The highest BCUT2D eigenvalue weighted by atomic mass is 35.5. The van der Waals surface area contributed by atoms with E-state index >= 15 is 0 Å². The lowest BCUT2D eigenvalue weighted by atomic mass is 9.99. The van der Waals surface area contributed by atoms with E-state index in [9.17, 15) is 8.78 Å². The molecule has 2 aromatic rings. The zero-order valence-corrected chi connectivity index (χ0v) is 11.6. The molecule has 2 N–H and O–H groups in total. The molecule has 1 atom stereocenters. The highest BCUT2D eigenvalue weighted by Crippen LogP contribution is 2.28. The Morgan fingerprint density at radius 3 is 2.65 bits per heavy atom. The first kappa shape index (κ1) is 14.8. The average molecular weight is 298 g/mol. The Balaban J connectivity index is 2.24. The van der Waals surface area contributed by atoms with Crippen molar-refractivity contribution in [2.24, 2.45) is 5.73 Å². The van der Waals surface area contributed by atoms with Crippen LogP contribution in [-0.4, -0.2) is 7.11 Å². The molecule has 0 spiro atoms. The third-order valence-electron chi connectivity index (χ3n) is 3.08. The maximum atomic E-state index is 13.6. The second kappa shape index (κ2) is 6.20. The Kier molecular flexibility index (Phi) is 4.57. The standard InChI is InChI=1S/C15H14ClF2NO/c1-20-10-5-6-11(12(16)8-10)14(19)7-9-3-2-4-13(17)15(9)18/h2-6,8,14H,7,19H2,1H3. The first-order chi connectivity index (χ1) is 9.52. The second-order valence-electron chi connectivity index (χ2n) is 4.41. The summed E-state index contributed by atoms with van der Waals surface area (Å²) in [4.78, 5) is 0. The first-order valence-electron chi connectivity index (χ1n) is 6.05. The molecular formula is C15H14ClF2NO. The van der Waals surface area contributed by atoms with Crippen LogP contribution >= 0.6 is 11.6 Å². The molecule has 0 amide bonds. The maximum Gasteiger partial charge on any atom is 0.162 e. The monoisotopic (exact) mass is 297 g/mol. The number of nitrogens with two attached hydrogens (primary N) is 1. The van der Waals surface area contributed by atoms with Gasteiger partial charge in [-0.3, -0.25) is 0 Å². The van der Waals surface area contributed by atoms with E-state index in [1.54, 1.807) is 18.2 Å². The molecule has 5 heteroatoms. The molecule has 0 radical (unpaired) electrons. The van der Waals surface area contributed by atoms with Gasteiger partial charge in [0.05, 0.1) is 7.11 Å². The van der Waals surface area contributed by atoms with E-state index in [0.29, 0.717) is 16.3 Å². The largest absolute Gasteiger partial charge is 0.497 e. The third kappa shape index (κ3) is 3.08. The molecule has 0 heterocycles. The Morgan fingerprint density at radius 2 is 2.00 bits per heavy atom. The van der Waals surface area contributed by atoms with Gasteiger partial charge in [-0.1, -0.05) is 29.8 Å². The molecule has 0 aromatic heterocycles. The molecule has 0 bridgehead atoms. The van der Waals surface area contributed by atoms with Crippen LogP contribution in [0.2, 0.25) is 5.02 Å². The lowest BCUT2D eigenvalue weighted by molar-refractivity contribution is 0.414. The molecule has 20 heavy (non-hydrogen) atoms. The zero-order valence-electron chi connectivity index (χ0n) is 10.9. The highest BCUT2D eigenvalue weighted by molar-refractivity contribution is 6.31. The summed E-state index contributed by atoms with van der Waals surface area (Å²) in [6.45, 7) is 0. The number of ether oxygens (including phenoxy) is 1. The van der Waals surface area contributed by atoms with E-state index in [0.717, 1.165) is 6.07 Å². The quantitative estimate of drug-likeness (QED) is 0.930. The van der Waals surface area contributed by atoms with Crippen molar-refractivity contribution in [1.29, 1.82) is 0 Å². The van der Waals surface area contributed by atoms with Crippen LogP contribution in [0.4, 0.5) is 8.78 Å². The Bertz CT molecular complexity index is 619. The van der Waals surface area contributed by atoms with E-state index in [-0.39, 0.29) is 12.0 Å².